The predicted octanol–water partition coefficient (Wildman–Crippen LogP) is 6.38. The van der Waals surface area contributed by atoms with E-state index in [0.29, 0.717) is 12.3 Å². The number of rotatable bonds is 3. The Kier molecular flexibility index (Phi) is 7.43. The number of hydrogen-bond acceptors (Lipinski definition) is 5. The SMILES string of the molecule is Cc1ccc(C)c(NC(=O)[C@]23CC[C@@H](C)[C@H](C)[C@H]2C2=CC(=O)[C@@H]4[C@@]5(C)C[C@@H](O)[C@H](O)[C@@](C)(CO)[C@@H]5CC[C@@]4(C)[C@]2(C)CC3)c1. The van der Waals surface area contributed by atoms with Gasteiger partial charge in [-0.2, -0.15) is 0 Å². The normalized spacial score (nSPS) is 48.3. The minimum atomic E-state index is -1.02. The maximum atomic E-state index is 14.7. The van der Waals surface area contributed by atoms with E-state index < -0.39 is 28.5 Å². The van der Waals surface area contributed by atoms with Crippen molar-refractivity contribution >= 4 is 17.4 Å². The summed E-state index contributed by atoms with van der Waals surface area (Å²) in [7, 11) is 0. The molecule has 4 saturated carbocycles. The van der Waals surface area contributed by atoms with Crippen molar-refractivity contribution < 1.29 is 24.9 Å². The summed E-state index contributed by atoms with van der Waals surface area (Å²) in [6, 6.07) is 6.19. The summed E-state index contributed by atoms with van der Waals surface area (Å²) < 4.78 is 0. The third-order valence-electron chi connectivity index (χ3n) is 14.9. The number of carbonyl (C=O) groups is 2. The fraction of sp³-hybridized carbons (Fsp3) is 0.737. The molecule has 6 rings (SSSR count). The molecule has 0 bridgehead atoms. The number of fused-ring (bicyclic) bond motifs is 7. The Morgan fingerprint density at radius 1 is 1.00 bits per heavy atom. The van der Waals surface area contributed by atoms with E-state index in [1.54, 1.807) is 0 Å². The molecule has 1 aromatic rings. The highest BCUT2D eigenvalue weighted by Crippen LogP contribution is 2.75. The van der Waals surface area contributed by atoms with Crippen molar-refractivity contribution in [1.29, 1.82) is 0 Å². The number of ketones is 1. The smallest absolute Gasteiger partial charge is 0.231 e. The van der Waals surface area contributed by atoms with E-state index in [1.165, 1.54) is 5.57 Å². The van der Waals surface area contributed by atoms with Crippen LogP contribution in [0.15, 0.2) is 29.8 Å². The Morgan fingerprint density at radius 3 is 2.39 bits per heavy atom. The van der Waals surface area contributed by atoms with E-state index in [0.717, 1.165) is 55.3 Å². The molecular formula is C38H55NO5. The van der Waals surface area contributed by atoms with Crippen LogP contribution in [0.2, 0.25) is 0 Å². The number of aryl methyl sites for hydroxylation is 2. The van der Waals surface area contributed by atoms with Gasteiger partial charge in [-0.15, -0.1) is 0 Å². The Hall–Kier alpha value is -2.02. The third kappa shape index (κ3) is 4.02. The van der Waals surface area contributed by atoms with Gasteiger partial charge in [0.15, 0.2) is 5.78 Å². The summed E-state index contributed by atoms with van der Waals surface area (Å²) in [5.41, 5.74) is 1.55. The lowest BCUT2D eigenvalue weighted by Gasteiger charge is -2.71. The maximum Gasteiger partial charge on any atom is 0.231 e. The second-order valence-corrected chi connectivity index (χ2v) is 16.9. The molecule has 0 aliphatic heterocycles. The zero-order chi connectivity index (χ0) is 32.2. The highest BCUT2D eigenvalue weighted by Gasteiger charge is 2.72. The number of hydrogen-bond donors (Lipinski definition) is 4. The van der Waals surface area contributed by atoms with Gasteiger partial charge in [0.25, 0.3) is 0 Å². The first-order valence-corrected chi connectivity index (χ1v) is 17.1. The second-order valence-electron chi connectivity index (χ2n) is 16.9. The number of aliphatic hydroxyl groups is 3. The number of allylic oxidation sites excluding steroid dienone is 2. The van der Waals surface area contributed by atoms with Crippen molar-refractivity contribution in [2.75, 3.05) is 11.9 Å². The number of aliphatic hydroxyl groups excluding tert-OH is 3. The average molecular weight is 606 g/mol. The van der Waals surface area contributed by atoms with Crippen molar-refractivity contribution in [3.8, 4) is 0 Å². The standard InChI is InChI=1S/C38H55NO5/c1-21-9-10-23(3)26(17-21)39-33(44)38-14-11-22(2)24(4)30(38)25-18-27(41)31-34(5)19-28(42)32(43)35(6,20-40)29(34)12-13-37(31,8)36(25,7)15-16-38/h9-10,17-18,22,24,28-32,40,42-43H,11-16,19-20H2,1-8H3,(H,39,44)/t22-,24+,28-,29-,30+,31-,32+,34+,35+,36-,37-,38+/m1/s1. The Labute approximate surface area is 264 Å². The van der Waals surface area contributed by atoms with Gasteiger partial charge in [-0.1, -0.05) is 59.2 Å². The van der Waals surface area contributed by atoms with Crippen molar-refractivity contribution in [3.63, 3.8) is 0 Å². The summed E-state index contributed by atoms with van der Waals surface area (Å²) in [6.45, 7) is 17.1. The van der Waals surface area contributed by atoms with Crippen molar-refractivity contribution in [2.45, 2.75) is 113 Å². The van der Waals surface area contributed by atoms with Crippen LogP contribution in [0.4, 0.5) is 5.69 Å². The fourth-order valence-electron chi connectivity index (χ4n) is 12.0. The summed E-state index contributed by atoms with van der Waals surface area (Å²) in [5, 5.41) is 36.1. The summed E-state index contributed by atoms with van der Waals surface area (Å²) >= 11 is 0. The number of carbonyl (C=O) groups excluding carboxylic acids is 2. The minimum Gasteiger partial charge on any atom is -0.396 e. The van der Waals surface area contributed by atoms with Gasteiger partial charge in [0.2, 0.25) is 5.91 Å². The van der Waals surface area contributed by atoms with E-state index in [4.69, 9.17) is 0 Å². The molecule has 0 unspecified atom stereocenters. The van der Waals surface area contributed by atoms with Gasteiger partial charge in [-0.05, 0) is 122 Å². The highest BCUT2D eigenvalue weighted by atomic mass is 16.3. The first kappa shape index (κ1) is 31.9. The molecule has 1 aromatic carbocycles. The summed E-state index contributed by atoms with van der Waals surface area (Å²) in [4.78, 5) is 29.3. The highest BCUT2D eigenvalue weighted by molar-refractivity contribution is 5.99. The Balaban J connectivity index is 1.46. The van der Waals surface area contributed by atoms with Crippen LogP contribution in [0.1, 0.15) is 97.6 Å². The van der Waals surface area contributed by atoms with Crippen LogP contribution < -0.4 is 5.32 Å². The van der Waals surface area contributed by atoms with E-state index in [2.05, 4.69) is 58.1 Å². The van der Waals surface area contributed by atoms with Gasteiger partial charge < -0.3 is 20.6 Å². The van der Waals surface area contributed by atoms with Crippen LogP contribution in [0.25, 0.3) is 0 Å². The fourth-order valence-corrected chi connectivity index (χ4v) is 12.0. The number of nitrogens with one attached hydrogen (secondary N) is 1. The molecule has 4 fully saturated rings. The molecule has 1 amide bonds. The number of amides is 1. The van der Waals surface area contributed by atoms with Crippen LogP contribution in [0, 0.1) is 70.5 Å². The van der Waals surface area contributed by atoms with Crippen LogP contribution >= 0.6 is 0 Å². The quantitative estimate of drug-likeness (QED) is 0.320. The lowest BCUT2D eigenvalue weighted by molar-refractivity contribution is -0.238. The van der Waals surface area contributed by atoms with E-state index in [1.807, 2.05) is 26.8 Å². The van der Waals surface area contributed by atoms with Gasteiger partial charge in [0, 0.05) is 17.0 Å². The molecule has 12 atom stereocenters. The molecule has 6 heteroatoms. The Morgan fingerprint density at radius 2 is 1.70 bits per heavy atom. The van der Waals surface area contributed by atoms with Crippen LogP contribution in [-0.4, -0.2) is 45.8 Å². The monoisotopic (exact) mass is 605 g/mol. The lowest BCUT2D eigenvalue weighted by Crippen LogP contribution is -2.70. The van der Waals surface area contributed by atoms with Crippen LogP contribution in [0.3, 0.4) is 0 Å². The van der Waals surface area contributed by atoms with Crippen molar-refractivity contribution in [1.82, 2.24) is 0 Å². The largest absolute Gasteiger partial charge is 0.396 e. The number of benzene rings is 1. The second kappa shape index (κ2) is 10.2. The van der Waals surface area contributed by atoms with Crippen molar-refractivity contribution in [3.05, 3.63) is 41.0 Å². The topological polar surface area (TPSA) is 107 Å². The first-order chi connectivity index (χ1) is 20.5. The molecule has 5 aliphatic rings. The molecule has 0 aromatic heterocycles. The Bertz CT molecular complexity index is 1400. The van der Waals surface area contributed by atoms with Gasteiger partial charge in [0.05, 0.1) is 24.2 Å². The minimum absolute atomic E-state index is 0.0242. The van der Waals surface area contributed by atoms with E-state index in [9.17, 15) is 24.9 Å². The third-order valence-corrected chi connectivity index (χ3v) is 14.9. The molecule has 0 radical (unpaired) electrons. The molecule has 5 aliphatic carbocycles. The molecule has 6 nitrogen and oxygen atoms in total. The molecule has 242 valence electrons. The van der Waals surface area contributed by atoms with Crippen LogP contribution in [0.5, 0.6) is 0 Å². The zero-order valence-corrected chi connectivity index (χ0v) is 28.2. The zero-order valence-electron chi connectivity index (χ0n) is 28.2. The van der Waals surface area contributed by atoms with E-state index in [-0.39, 0.29) is 52.8 Å². The summed E-state index contributed by atoms with van der Waals surface area (Å²) in [6.07, 6.45) is 5.31. The van der Waals surface area contributed by atoms with Crippen LogP contribution in [-0.2, 0) is 9.59 Å². The van der Waals surface area contributed by atoms with Crippen molar-refractivity contribution in [2.24, 2.45) is 56.7 Å². The first-order valence-electron chi connectivity index (χ1n) is 17.1. The summed E-state index contributed by atoms with van der Waals surface area (Å²) in [5.74, 6) is 0.455. The predicted molar refractivity (Wildman–Crippen MR) is 173 cm³/mol. The lowest BCUT2D eigenvalue weighted by atomic mass is 9.33. The number of anilines is 1. The molecule has 0 saturated heterocycles. The van der Waals surface area contributed by atoms with Gasteiger partial charge in [0.1, 0.15) is 0 Å². The average Bonchev–Trinajstić information content (AvgIpc) is 2.96. The molecule has 0 heterocycles. The molecular weight excluding hydrogens is 550 g/mol. The molecule has 0 spiro atoms. The van der Waals surface area contributed by atoms with Gasteiger partial charge >= 0.3 is 0 Å². The van der Waals surface area contributed by atoms with E-state index >= 15 is 0 Å². The van der Waals surface area contributed by atoms with Gasteiger partial charge in [-0.25, -0.2) is 0 Å². The molecule has 44 heavy (non-hydrogen) atoms. The van der Waals surface area contributed by atoms with Gasteiger partial charge in [-0.3, -0.25) is 9.59 Å². The molecule has 4 N–H and O–H groups in total. The maximum absolute atomic E-state index is 14.7.